The smallest absolute Gasteiger partial charge is 0.321 e. The van der Waals surface area contributed by atoms with Crippen molar-refractivity contribution in [3.05, 3.63) is 0 Å². The fraction of sp³-hybridized carbons (Fsp3) is 0.889. The molecule has 0 aliphatic heterocycles. The topological polar surface area (TPSA) is 63.3 Å². The van der Waals surface area contributed by atoms with Gasteiger partial charge in [-0.3, -0.25) is 4.79 Å². The second-order valence-corrected chi connectivity index (χ2v) is 5.80. The van der Waals surface area contributed by atoms with E-state index in [1.807, 2.05) is 13.8 Å². The zero-order valence-electron chi connectivity index (χ0n) is 8.70. The van der Waals surface area contributed by atoms with Crippen molar-refractivity contribution in [3.63, 3.8) is 0 Å². The van der Waals surface area contributed by atoms with Crippen molar-refractivity contribution < 1.29 is 9.90 Å². The molecule has 0 rings (SSSR count). The van der Waals surface area contributed by atoms with Crippen molar-refractivity contribution in [3.8, 4) is 0 Å². The van der Waals surface area contributed by atoms with Gasteiger partial charge in [-0.25, -0.2) is 0 Å². The molecule has 78 valence electrons. The van der Waals surface area contributed by atoms with Gasteiger partial charge < -0.3 is 10.8 Å². The SMILES string of the molecule is CC(C)CSC(C)(C)[C@H](N)C(=O)O. The average Bonchev–Trinajstić information content (AvgIpc) is 1.99. The van der Waals surface area contributed by atoms with E-state index in [1.54, 1.807) is 11.8 Å². The highest BCUT2D eigenvalue weighted by Crippen LogP contribution is 2.28. The van der Waals surface area contributed by atoms with Gasteiger partial charge in [0.25, 0.3) is 0 Å². The monoisotopic (exact) mass is 205 g/mol. The molecule has 0 amide bonds. The minimum absolute atomic E-state index is 0.393. The Bertz CT molecular complexity index is 180. The standard InChI is InChI=1S/C9H19NO2S/c1-6(2)5-13-9(3,4)7(10)8(11)12/h6-7H,5,10H2,1-4H3,(H,11,12)/t7-/m1/s1. The van der Waals surface area contributed by atoms with E-state index >= 15 is 0 Å². The molecule has 0 spiro atoms. The molecule has 0 radical (unpaired) electrons. The predicted molar refractivity (Wildman–Crippen MR) is 57.0 cm³/mol. The third-order valence-corrected chi connectivity index (χ3v) is 3.63. The van der Waals surface area contributed by atoms with Crippen molar-refractivity contribution in [2.45, 2.75) is 38.5 Å². The molecule has 1 atom stereocenters. The van der Waals surface area contributed by atoms with Crippen molar-refractivity contribution in [1.29, 1.82) is 0 Å². The molecular weight excluding hydrogens is 186 g/mol. The van der Waals surface area contributed by atoms with Gasteiger partial charge in [0.2, 0.25) is 0 Å². The van der Waals surface area contributed by atoms with E-state index in [2.05, 4.69) is 13.8 Å². The summed E-state index contributed by atoms with van der Waals surface area (Å²) < 4.78 is -0.393. The van der Waals surface area contributed by atoms with Crippen LogP contribution in [0, 0.1) is 5.92 Å². The van der Waals surface area contributed by atoms with Crippen LogP contribution in [-0.4, -0.2) is 27.6 Å². The molecule has 0 aliphatic rings. The van der Waals surface area contributed by atoms with Gasteiger partial charge >= 0.3 is 5.97 Å². The molecule has 4 heteroatoms. The lowest BCUT2D eigenvalue weighted by Gasteiger charge is -2.28. The minimum Gasteiger partial charge on any atom is -0.480 e. The summed E-state index contributed by atoms with van der Waals surface area (Å²) in [6, 6.07) is -0.795. The molecule has 0 saturated carbocycles. The molecular formula is C9H19NO2S. The van der Waals surface area contributed by atoms with Gasteiger partial charge in [0.1, 0.15) is 6.04 Å². The predicted octanol–water partition coefficient (Wildman–Crippen LogP) is 1.57. The zero-order valence-corrected chi connectivity index (χ0v) is 9.52. The van der Waals surface area contributed by atoms with Gasteiger partial charge in [0.15, 0.2) is 0 Å². The van der Waals surface area contributed by atoms with E-state index in [-0.39, 0.29) is 0 Å². The lowest BCUT2D eigenvalue weighted by molar-refractivity contribution is -0.139. The molecule has 0 unspecified atom stereocenters. The Hall–Kier alpha value is -0.220. The van der Waals surface area contributed by atoms with Crippen LogP contribution >= 0.6 is 11.8 Å². The van der Waals surface area contributed by atoms with Gasteiger partial charge in [-0.15, -0.1) is 0 Å². The maximum atomic E-state index is 10.7. The molecule has 0 saturated heterocycles. The minimum atomic E-state index is -0.929. The van der Waals surface area contributed by atoms with Gasteiger partial charge in [0.05, 0.1) is 0 Å². The van der Waals surface area contributed by atoms with Crippen LogP contribution in [0.2, 0.25) is 0 Å². The number of hydrogen-bond donors (Lipinski definition) is 2. The molecule has 3 N–H and O–H groups in total. The molecule has 0 fully saturated rings. The van der Waals surface area contributed by atoms with Gasteiger partial charge in [-0.1, -0.05) is 13.8 Å². The first-order valence-corrected chi connectivity index (χ1v) is 5.38. The molecule has 13 heavy (non-hydrogen) atoms. The van der Waals surface area contributed by atoms with Crippen LogP contribution in [0.5, 0.6) is 0 Å². The highest BCUT2D eigenvalue weighted by molar-refractivity contribution is 8.00. The Kier molecular flexibility index (Phi) is 4.78. The fourth-order valence-corrected chi connectivity index (χ4v) is 1.81. The number of carboxylic acids is 1. The van der Waals surface area contributed by atoms with Crippen molar-refractivity contribution in [1.82, 2.24) is 0 Å². The first kappa shape index (κ1) is 12.8. The second kappa shape index (κ2) is 4.86. The molecule has 3 nitrogen and oxygen atoms in total. The summed E-state index contributed by atoms with van der Waals surface area (Å²) >= 11 is 1.62. The van der Waals surface area contributed by atoms with Gasteiger partial charge in [-0.2, -0.15) is 11.8 Å². The summed E-state index contributed by atoms with van der Waals surface area (Å²) in [5, 5.41) is 8.74. The van der Waals surface area contributed by atoms with Crippen LogP contribution in [0.15, 0.2) is 0 Å². The van der Waals surface area contributed by atoms with Crippen LogP contribution in [-0.2, 0) is 4.79 Å². The molecule has 0 heterocycles. The number of carbonyl (C=O) groups is 1. The first-order chi connectivity index (χ1) is 5.77. The Morgan fingerprint density at radius 1 is 1.54 bits per heavy atom. The number of rotatable bonds is 5. The van der Waals surface area contributed by atoms with Crippen LogP contribution < -0.4 is 5.73 Å². The summed E-state index contributed by atoms with van der Waals surface area (Å²) in [5.74, 6) is 0.570. The number of thioether (sulfide) groups is 1. The van der Waals surface area contributed by atoms with Gasteiger partial charge in [-0.05, 0) is 25.5 Å². The van der Waals surface area contributed by atoms with Crippen LogP contribution in [0.3, 0.4) is 0 Å². The quantitative estimate of drug-likeness (QED) is 0.715. The summed E-state index contributed by atoms with van der Waals surface area (Å²) in [7, 11) is 0. The Labute approximate surface area is 84.1 Å². The summed E-state index contributed by atoms with van der Waals surface area (Å²) in [5.41, 5.74) is 5.56. The van der Waals surface area contributed by atoms with E-state index in [9.17, 15) is 4.79 Å². The lowest BCUT2D eigenvalue weighted by atomic mass is 10.1. The summed E-state index contributed by atoms with van der Waals surface area (Å²) in [4.78, 5) is 10.7. The van der Waals surface area contributed by atoms with Crippen molar-refractivity contribution in [2.24, 2.45) is 11.7 Å². The van der Waals surface area contributed by atoms with Crippen molar-refractivity contribution >= 4 is 17.7 Å². The summed E-state index contributed by atoms with van der Waals surface area (Å²) in [6.45, 7) is 7.96. The van der Waals surface area contributed by atoms with Crippen LogP contribution in [0.25, 0.3) is 0 Å². The molecule has 0 aromatic heterocycles. The normalized spacial score (nSPS) is 14.6. The largest absolute Gasteiger partial charge is 0.480 e. The van der Waals surface area contributed by atoms with E-state index in [4.69, 9.17) is 10.8 Å². The van der Waals surface area contributed by atoms with E-state index in [0.29, 0.717) is 5.92 Å². The Balaban J connectivity index is 4.13. The van der Waals surface area contributed by atoms with E-state index < -0.39 is 16.8 Å². The zero-order chi connectivity index (χ0) is 10.6. The highest BCUT2D eigenvalue weighted by atomic mass is 32.2. The van der Waals surface area contributed by atoms with Crippen LogP contribution in [0.1, 0.15) is 27.7 Å². The van der Waals surface area contributed by atoms with Gasteiger partial charge in [0, 0.05) is 4.75 Å². The lowest BCUT2D eigenvalue weighted by Crippen LogP contribution is -2.47. The molecule has 0 aromatic rings. The average molecular weight is 205 g/mol. The fourth-order valence-electron chi connectivity index (χ4n) is 0.769. The van der Waals surface area contributed by atoms with Crippen LogP contribution in [0.4, 0.5) is 0 Å². The Morgan fingerprint density at radius 3 is 2.31 bits per heavy atom. The maximum absolute atomic E-state index is 10.7. The number of aliphatic carboxylic acids is 1. The maximum Gasteiger partial charge on any atom is 0.321 e. The summed E-state index contributed by atoms with van der Waals surface area (Å²) in [6.07, 6.45) is 0. The number of carboxylic acid groups (broad SMARTS) is 1. The highest BCUT2D eigenvalue weighted by Gasteiger charge is 2.32. The third kappa shape index (κ3) is 4.52. The molecule has 0 bridgehead atoms. The molecule has 0 aliphatic carbocycles. The number of nitrogens with two attached hydrogens (primary N) is 1. The van der Waals surface area contributed by atoms with E-state index in [1.165, 1.54) is 0 Å². The van der Waals surface area contributed by atoms with Crippen molar-refractivity contribution in [2.75, 3.05) is 5.75 Å². The second-order valence-electron chi connectivity index (χ2n) is 4.12. The third-order valence-electron chi connectivity index (χ3n) is 1.80. The first-order valence-electron chi connectivity index (χ1n) is 4.39. The Morgan fingerprint density at radius 2 is 2.00 bits per heavy atom. The number of hydrogen-bond acceptors (Lipinski definition) is 3. The van der Waals surface area contributed by atoms with E-state index in [0.717, 1.165) is 5.75 Å². The molecule has 0 aromatic carbocycles.